The topological polar surface area (TPSA) is 63.1 Å². The van der Waals surface area contributed by atoms with Crippen molar-refractivity contribution in [2.24, 2.45) is 0 Å². The van der Waals surface area contributed by atoms with E-state index in [2.05, 4.69) is 9.97 Å². The number of rotatable bonds is 4. The van der Waals surface area contributed by atoms with Crippen LogP contribution in [-0.4, -0.2) is 21.0 Å². The van der Waals surface area contributed by atoms with Gasteiger partial charge in [0.05, 0.1) is 12.1 Å². The Morgan fingerprint density at radius 2 is 2.11 bits per heavy atom. The molecular formula is C13H10F2N2O2. The first-order valence-electron chi connectivity index (χ1n) is 5.50. The standard InChI is InChI=1S/C13H10F2N2O2/c14-8-1-2-11(15)9(5-8)10(6-13(18)19)12-3-4-16-7-17-12/h1-5,7,10H,6H2,(H,18,19). The summed E-state index contributed by atoms with van der Waals surface area (Å²) in [6.07, 6.45) is 2.28. The molecule has 0 spiro atoms. The number of carboxylic acids is 1. The molecule has 6 heteroatoms. The zero-order chi connectivity index (χ0) is 13.8. The minimum atomic E-state index is -1.12. The molecule has 2 aromatic rings. The molecule has 19 heavy (non-hydrogen) atoms. The van der Waals surface area contributed by atoms with Crippen molar-refractivity contribution >= 4 is 5.97 Å². The summed E-state index contributed by atoms with van der Waals surface area (Å²) < 4.78 is 27.0. The van der Waals surface area contributed by atoms with E-state index in [0.717, 1.165) is 18.2 Å². The van der Waals surface area contributed by atoms with Gasteiger partial charge in [0, 0.05) is 17.7 Å². The van der Waals surface area contributed by atoms with Crippen LogP contribution in [0.4, 0.5) is 8.78 Å². The Labute approximate surface area is 107 Å². The molecule has 98 valence electrons. The van der Waals surface area contributed by atoms with E-state index in [1.165, 1.54) is 18.6 Å². The second-order valence-corrected chi connectivity index (χ2v) is 3.95. The van der Waals surface area contributed by atoms with E-state index < -0.39 is 23.5 Å². The predicted molar refractivity (Wildman–Crippen MR) is 62.5 cm³/mol. The molecule has 0 saturated heterocycles. The highest BCUT2D eigenvalue weighted by Crippen LogP contribution is 2.28. The van der Waals surface area contributed by atoms with Gasteiger partial charge in [-0.05, 0) is 24.3 Å². The Morgan fingerprint density at radius 1 is 1.32 bits per heavy atom. The fourth-order valence-electron chi connectivity index (χ4n) is 1.84. The summed E-state index contributed by atoms with van der Waals surface area (Å²) in [6.45, 7) is 0. The molecule has 0 fully saturated rings. The maximum Gasteiger partial charge on any atom is 0.304 e. The number of nitrogens with zero attached hydrogens (tertiary/aromatic N) is 2. The van der Waals surface area contributed by atoms with Gasteiger partial charge in [-0.1, -0.05) is 0 Å². The maximum absolute atomic E-state index is 13.8. The highest BCUT2D eigenvalue weighted by atomic mass is 19.1. The first-order chi connectivity index (χ1) is 9.08. The first kappa shape index (κ1) is 13.1. The number of aliphatic carboxylic acids is 1. The molecule has 0 saturated carbocycles. The third-order valence-electron chi connectivity index (χ3n) is 2.67. The lowest BCUT2D eigenvalue weighted by molar-refractivity contribution is -0.137. The summed E-state index contributed by atoms with van der Waals surface area (Å²) in [5, 5.41) is 8.91. The number of hydrogen-bond acceptors (Lipinski definition) is 3. The van der Waals surface area contributed by atoms with Crippen LogP contribution >= 0.6 is 0 Å². The Kier molecular flexibility index (Phi) is 3.79. The van der Waals surface area contributed by atoms with Gasteiger partial charge in [-0.25, -0.2) is 18.7 Å². The van der Waals surface area contributed by atoms with Crippen molar-refractivity contribution in [2.45, 2.75) is 12.3 Å². The van der Waals surface area contributed by atoms with Crippen molar-refractivity contribution in [3.8, 4) is 0 Å². The van der Waals surface area contributed by atoms with E-state index in [1.807, 2.05) is 0 Å². The van der Waals surface area contributed by atoms with Crippen LogP contribution in [0.5, 0.6) is 0 Å². The number of aromatic nitrogens is 2. The number of hydrogen-bond donors (Lipinski definition) is 1. The molecule has 1 heterocycles. The number of halogens is 2. The predicted octanol–water partition coefficient (Wildman–Crippen LogP) is 2.36. The Morgan fingerprint density at radius 3 is 2.74 bits per heavy atom. The summed E-state index contributed by atoms with van der Waals surface area (Å²) >= 11 is 0. The van der Waals surface area contributed by atoms with Crippen LogP contribution in [-0.2, 0) is 4.79 Å². The van der Waals surface area contributed by atoms with Crippen LogP contribution in [0.1, 0.15) is 23.6 Å². The van der Waals surface area contributed by atoms with Crippen molar-refractivity contribution < 1.29 is 18.7 Å². The first-order valence-corrected chi connectivity index (χ1v) is 5.50. The monoisotopic (exact) mass is 264 g/mol. The lowest BCUT2D eigenvalue weighted by Gasteiger charge is -2.15. The van der Waals surface area contributed by atoms with E-state index in [1.54, 1.807) is 0 Å². The summed E-state index contributed by atoms with van der Waals surface area (Å²) in [7, 11) is 0. The van der Waals surface area contributed by atoms with E-state index >= 15 is 0 Å². The molecule has 1 aromatic heterocycles. The number of carbonyl (C=O) groups is 1. The van der Waals surface area contributed by atoms with Crippen LogP contribution in [0.15, 0.2) is 36.8 Å². The molecule has 0 radical (unpaired) electrons. The van der Waals surface area contributed by atoms with E-state index in [9.17, 15) is 13.6 Å². The minimum Gasteiger partial charge on any atom is -0.481 e. The average molecular weight is 264 g/mol. The molecule has 1 atom stereocenters. The van der Waals surface area contributed by atoms with Gasteiger partial charge in [-0.2, -0.15) is 0 Å². The molecule has 0 amide bonds. The van der Waals surface area contributed by atoms with Gasteiger partial charge in [0.15, 0.2) is 0 Å². The van der Waals surface area contributed by atoms with Crippen LogP contribution in [0.3, 0.4) is 0 Å². The molecule has 0 aliphatic carbocycles. The van der Waals surface area contributed by atoms with Crippen molar-refractivity contribution in [3.63, 3.8) is 0 Å². The van der Waals surface area contributed by atoms with E-state index in [-0.39, 0.29) is 12.0 Å². The van der Waals surface area contributed by atoms with Crippen molar-refractivity contribution in [3.05, 3.63) is 59.7 Å². The third kappa shape index (κ3) is 3.09. The Balaban J connectivity index is 2.48. The minimum absolute atomic E-state index is 0.0268. The fourth-order valence-corrected chi connectivity index (χ4v) is 1.84. The van der Waals surface area contributed by atoms with E-state index in [0.29, 0.717) is 5.69 Å². The summed E-state index contributed by atoms with van der Waals surface area (Å²) in [6, 6.07) is 4.43. The zero-order valence-corrected chi connectivity index (χ0v) is 9.75. The fraction of sp³-hybridized carbons (Fsp3) is 0.154. The van der Waals surface area contributed by atoms with Crippen molar-refractivity contribution in [2.75, 3.05) is 0 Å². The summed E-state index contributed by atoms with van der Waals surface area (Å²) in [5.41, 5.74) is 0.308. The molecule has 1 N–H and O–H groups in total. The quantitative estimate of drug-likeness (QED) is 0.920. The second-order valence-electron chi connectivity index (χ2n) is 3.95. The maximum atomic E-state index is 13.8. The highest BCUT2D eigenvalue weighted by Gasteiger charge is 2.22. The van der Waals surface area contributed by atoms with Gasteiger partial charge in [0.1, 0.15) is 18.0 Å². The normalized spacial score (nSPS) is 12.1. The van der Waals surface area contributed by atoms with Crippen molar-refractivity contribution in [1.82, 2.24) is 9.97 Å². The van der Waals surface area contributed by atoms with Gasteiger partial charge < -0.3 is 5.11 Å². The third-order valence-corrected chi connectivity index (χ3v) is 2.67. The molecular weight excluding hydrogens is 254 g/mol. The highest BCUT2D eigenvalue weighted by molar-refractivity contribution is 5.68. The number of benzene rings is 1. The molecule has 0 bridgehead atoms. The van der Waals surface area contributed by atoms with Crippen LogP contribution < -0.4 is 0 Å². The molecule has 0 aliphatic rings. The van der Waals surface area contributed by atoms with Crippen LogP contribution in [0.2, 0.25) is 0 Å². The van der Waals surface area contributed by atoms with Crippen LogP contribution in [0, 0.1) is 11.6 Å². The Bertz CT molecular complexity index is 590. The largest absolute Gasteiger partial charge is 0.481 e. The van der Waals surface area contributed by atoms with Gasteiger partial charge in [0.2, 0.25) is 0 Å². The summed E-state index contributed by atoms with van der Waals surface area (Å²) in [5.74, 6) is -3.25. The molecule has 1 unspecified atom stereocenters. The van der Waals surface area contributed by atoms with Gasteiger partial charge >= 0.3 is 5.97 Å². The van der Waals surface area contributed by atoms with Gasteiger partial charge in [-0.3, -0.25) is 4.79 Å². The van der Waals surface area contributed by atoms with Crippen molar-refractivity contribution in [1.29, 1.82) is 0 Å². The molecule has 0 aliphatic heterocycles. The number of carboxylic acid groups (broad SMARTS) is 1. The van der Waals surface area contributed by atoms with E-state index in [4.69, 9.17) is 5.11 Å². The Hall–Kier alpha value is -2.37. The summed E-state index contributed by atoms with van der Waals surface area (Å²) in [4.78, 5) is 18.5. The molecule has 2 rings (SSSR count). The molecule has 4 nitrogen and oxygen atoms in total. The average Bonchev–Trinajstić information content (AvgIpc) is 2.40. The second kappa shape index (κ2) is 5.51. The van der Waals surface area contributed by atoms with Crippen LogP contribution in [0.25, 0.3) is 0 Å². The lowest BCUT2D eigenvalue weighted by Crippen LogP contribution is -2.11. The zero-order valence-electron chi connectivity index (χ0n) is 9.75. The molecule has 1 aromatic carbocycles. The van der Waals surface area contributed by atoms with Gasteiger partial charge in [-0.15, -0.1) is 0 Å². The van der Waals surface area contributed by atoms with Gasteiger partial charge in [0.25, 0.3) is 0 Å². The SMILES string of the molecule is O=C(O)CC(c1ccncn1)c1cc(F)ccc1F. The smallest absolute Gasteiger partial charge is 0.304 e. The lowest BCUT2D eigenvalue weighted by atomic mass is 9.92.